The van der Waals surface area contributed by atoms with Gasteiger partial charge in [-0.15, -0.1) is 0 Å². The smallest absolute Gasteiger partial charge is 0.412 e. The zero-order valence-electron chi connectivity index (χ0n) is 10.5. The maximum atomic E-state index is 13.6. The van der Waals surface area contributed by atoms with Gasteiger partial charge >= 0.3 is 6.09 Å². The van der Waals surface area contributed by atoms with E-state index in [4.69, 9.17) is 4.74 Å². The third-order valence-electron chi connectivity index (χ3n) is 1.89. The van der Waals surface area contributed by atoms with Crippen molar-refractivity contribution < 1.29 is 18.8 Å². The van der Waals surface area contributed by atoms with Crippen LogP contribution >= 0.6 is 22.6 Å². The topological polar surface area (TPSA) is 81.5 Å². The van der Waals surface area contributed by atoms with Crippen molar-refractivity contribution >= 4 is 40.1 Å². The maximum absolute atomic E-state index is 13.6. The van der Waals surface area contributed by atoms with E-state index in [1.54, 1.807) is 43.4 Å². The highest BCUT2D eigenvalue weighted by molar-refractivity contribution is 14.1. The number of rotatable bonds is 2. The molecule has 1 amide bonds. The molecule has 0 aromatic heterocycles. The number of nitrogens with one attached hydrogen (secondary N) is 1. The molecule has 1 N–H and O–H groups in total. The highest BCUT2D eigenvalue weighted by atomic mass is 127. The average Bonchev–Trinajstić information content (AvgIpc) is 2.21. The van der Waals surface area contributed by atoms with Crippen molar-refractivity contribution in [1.29, 1.82) is 0 Å². The van der Waals surface area contributed by atoms with Crippen molar-refractivity contribution in [1.82, 2.24) is 0 Å². The predicted molar refractivity (Wildman–Crippen MR) is 75.6 cm³/mol. The van der Waals surface area contributed by atoms with Gasteiger partial charge in [0, 0.05) is 6.07 Å². The molecule has 0 bridgehead atoms. The van der Waals surface area contributed by atoms with Gasteiger partial charge in [-0.3, -0.25) is 15.4 Å². The Labute approximate surface area is 122 Å². The van der Waals surface area contributed by atoms with Crippen molar-refractivity contribution in [2.75, 3.05) is 5.32 Å². The summed E-state index contributed by atoms with van der Waals surface area (Å²) in [5.41, 5.74) is -1.29. The van der Waals surface area contributed by atoms with Crippen molar-refractivity contribution in [3.05, 3.63) is 31.6 Å². The van der Waals surface area contributed by atoms with Gasteiger partial charge in [-0.25, -0.2) is 9.18 Å². The molecule has 0 aliphatic heterocycles. The Balaban J connectivity index is 3.04. The first-order valence-electron chi connectivity index (χ1n) is 5.24. The minimum Gasteiger partial charge on any atom is -0.444 e. The van der Waals surface area contributed by atoms with Gasteiger partial charge in [0.2, 0.25) is 0 Å². The van der Waals surface area contributed by atoms with E-state index in [2.05, 4.69) is 5.32 Å². The second-order valence-electron chi connectivity index (χ2n) is 4.64. The lowest BCUT2D eigenvalue weighted by molar-refractivity contribution is -0.385. The van der Waals surface area contributed by atoms with Gasteiger partial charge in [-0.05, 0) is 49.4 Å². The molecule has 1 aromatic rings. The predicted octanol–water partition coefficient (Wildman–Crippen LogP) is 3.69. The number of ether oxygens (including phenoxy) is 1. The molecule has 1 rings (SSSR count). The highest BCUT2D eigenvalue weighted by Gasteiger charge is 2.23. The zero-order chi connectivity index (χ0) is 14.8. The summed E-state index contributed by atoms with van der Waals surface area (Å²) in [6, 6.07) is 1.96. The standard InChI is InChI=1S/C11H12FIN2O4/c1-11(2,3)19-10(16)14-9-6(12)4-5-7(8(9)13)15(17)18/h4-5H,1-3H3,(H,14,16). The van der Waals surface area contributed by atoms with Gasteiger partial charge < -0.3 is 4.74 Å². The molecular formula is C11H12FIN2O4. The van der Waals surface area contributed by atoms with Crippen LogP contribution < -0.4 is 5.32 Å². The summed E-state index contributed by atoms with van der Waals surface area (Å²) >= 11 is 1.60. The van der Waals surface area contributed by atoms with E-state index in [1.807, 2.05) is 0 Å². The van der Waals surface area contributed by atoms with E-state index in [9.17, 15) is 19.3 Å². The summed E-state index contributed by atoms with van der Waals surface area (Å²) in [7, 11) is 0. The van der Waals surface area contributed by atoms with E-state index in [0.717, 1.165) is 12.1 Å². The number of amides is 1. The quantitative estimate of drug-likeness (QED) is 0.481. The summed E-state index contributed by atoms with van der Waals surface area (Å²) in [6.07, 6.45) is -0.871. The first-order valence-corrected chi connectivity index (χ1v) is 6.32. The third kappa shape index (κ3) is 4.30. The molecule has 0 aliphatic rings. The summed E-state index contributed by atoms with van der Waals surface area (Å²) in [5, 5.41) is 12.9. The molecule has 0 saturated heterocycles. The fraction of sp³-hybridized carbons (Fsp3) is 0.364. The molecule has 1 aromatic carbocycles. The molecule has 0 heterocycles. The normalized spacial score (nSPS) is 11.0. The number of anilines is 1. The molecule has 0 aliphatic carbocycles. The van der Waals surface area contributed by atoms with Crippen LogP contribution in [0.2, 0.25) is 0 Å². The first kappa shape index (κ1) is 15.6. The van der Waals surface area contributed by atoms with Crippen LogP contribution in [0.4, 0.5) is 20.6 Å². The minimum absolute atomic E-state index is 0.00783. The molecule has 8 heteroatoms. The molecule has 0 radical (unpaired) electrons. The lowest BCUT2D eigenvalue weighted by atomic mass is 10.2. The second kappa shape index (κ2) is 5.68. The lowest BCUT2D eigenvalue weighted by Crippen LogP contribution is -2.27. The van der Waals surface area contributed by atoms with E-state index < -0.39 is 22.4 Å². The lowest BCUT2D eigenvalue weighted by Gasteiger charge is -2.20. The van der Waals surface area contributed by atoms with E-state index in [-0.39, 0.29) is 14.9 Å². The fourth-order valence-electron chi connectivity index (χ4n) is 1.20. The molecule has 19 heavy (non-hydrogen) atoms. The summed E-state index contributed by atoms with van der Waals surface area (Å²) < 4.78 is 18.6. The van der Waals surface area contributed by atoms with Crippen LogP contribution in [0.5, 0.6) is 0 Å². The minimum atomic E-state index is -0.871. The number of carbonyl (C=O) groups is 1. The second-order valence-corrected chi connectivity index (χ2v) is 5.72. The third-order valence-corrected chi connectivity index (χ3v) is 2.99. The van der Waals surface area contributed by atoms with Crippen LogP contribution in [0.15, 0.2) is 12.1 Å². The Morgan fingerprint density at radius 3 is 2.53 bits per heavy atom. The molecular weight excluding hydrogens is 370 g/mol. The van der Waals surface area contributed by atoms with Crippen LogP contribution in [0.1, 0.15) is 20.8 Å². The SMILES string of the molecule is CC(C)(C)OC(=O)Nc1c(F)ccc([N+](=O)[O-])c1I. The van der Waals surface area contributed by atoms with Crippen molar-refractivity contribution in [2.45, 2.75) is 26.4 Å². The largest absolute Gasteiger partial charge is 0.444 e. The molecule has 6 nitrogen and oxygen atoms in total. The Bertz CT molecular complexity index is 528. The zero-order valence-corrected chi connectivity index (χ0v) is 12.6. The van der Waals surface area contributed by atoms with Crippen molar-refractivity contribution in [2.24, 2.45) is 0 Å². The van der Waals surface area contributed by atoms with Gasteiger partial charge in [0.15, 0.2) is 0 Å². The molecule has 0 spiro atoms. The van der Waals surface area contributed by atoms with Crippen LogP contribution in [0, 0.1) is 19.5 Å². The first-order chi connectivity index (χ1) is 8.61. The van der Waals surface area contributed by atoms with Crippen molar-refractivity contribution in [3.63, 3.8) is 0 Å². The summed E-state index contributed by atoms with van der Waals surface area (Å²) in [5.74, 6) is -0.763. The summed E-state index contributed by atoms with van der Waals surface area (Å²) in [4.78, 5) is 21.6. The Hall–Kier alpha value is -1.45. The van der Waals surface area contributed by atoms with Crippen molar-refractivity contribution in [3.8, 4) is 0 Å². The van der Waals surface area contributed by atoms with Crippen LogP contribution in [-0.4, -0.2) is 16.6 Å². The number of hydrogen-bond donors (Lipinski definition) is 1. The van der Waals surface area contributed by atoms with Gasteiger partial charge in [0.05, 0.1) is 4.92 Å². The molecule has 104 valence electrons. The summed E-state index contributed by atoms with van der Waals surface area (Å²) in [6.45, 7) is 4.96. The molecule has 0 unspecified atom stereocenters. The molecule has 0 atom stereocenters. The number of nitro groups is 1. The average molecular weight is 382 g/mol. The van der Waals surface area contributed by atoms with Crippen LogP contribution in [-0.2, 0) is 4.74 Å². The number of nitro benzene ring substituents is 1. The maximum Gasteiger partial charge on any atom is 0.412 e. The van der Waals surface area contributed by atoms with Gasteiger partial charge in [-0.2, -0.15) is 0 Å². The monoisotopic (exact) mass is 382 g/mol. The Kier molecular flexibility index (Phi) is 4.66. The van der Waals surface area contributed by atoms with Gasteiger partial charge in [-0.1, -0.05) is 0 Å². The number of carbonyl (C=O) groups excluding carboxylic acids is 1. The van der Waals surface area contributed by atoms with Gasteiger partial charge in [0.1, 0.15) is 20.7 Å². The molecule has 0 saturated carbocycles. The van der Waals surface area contributed by atoms with Crippen LogP contribution in [0.25, 0.3) is 0 Å². The number of halogens is 2. The highest BCUT2D eigenvalue weighted by Crippen LogP contribution is 2.30. The fourth-order valence-corrected chi connectivity index (χ4v) is 1.97. The molecule has 0 fully saturated rings. The number of benzene rings is 1. The Morgan fingerprint density at radius 2 is 2.05 bits per heavy atom. The Morgan fingerprint density at radius 1 is 1.47 bits per heavy atom. The van der Waals surface area contributed by atoms with E-state index in [1.165, 1.54) is 0 Å². The van der Waals surface area contributed by atoms with Crippen LogP contribution in [0.3, 0.4) is 0 Å². The van der Waals surface area contributed by atoms with Gasteiger partial charge in [0.25, 0.3) is 5.69 Å². The van der Waals surface area contributed by atoms with E-state index in [0.29, 0.717) is 0 Å². The number of nitrogens with zero attached hydrogens (tertiary/aromatic N) is 1. The number of hydrogen-bond acceptors (Lipinski definition) is 4. The van der Waals surface area contributed by atoms with E-state index >= 15 is 0 Å².